The number of rotatable bonds is 8. The summed E-state index contributed by atoms with van der Waals surface area (Å²) in [6.45, 7) is 4.52. The molecule has 0 aromatic carbocycles. The fourth-order valence-corrected chi connectivity index (χ4v) is 2.15. The molecule has 0 atom stereocenters. The molecule has 0 aromatic heterocycles. The van der Waals surface area contributed by atoms with Gasteiger partial charge in [0.2, 0.25) is 10.0 Å². The quantitative estimate of drug-likeness (QED) is 0.589. The molecule has 0 radical (unpaired) electrons. The van der Waals surface area contributed by atoms with Crippen molar-refractivity contribution in [2.75, 3.05) is 19.3 Å². The summed E-state index contributed by atoms with van der Waals surface area (Å²) >= 11 is 0. The van der Waals surface area contributed by atoms with Gasteiger partial charge in [-0.05, 0) is 13.3 Å². The van der Waals surface area contributed by atoms with Gasteiger partial charge in [0.15, 0.2) is 0 Å². The zero-order chi connectivity index (χ0) is 11.0. The van der Waals surface area contributed by atoms with E-state index in [1.165, 1.54) is 23.6 Å². The minimum atomic E-state index is -2.96. The van der Waals surface area contributed by atoms with Gasteiger partial charge in [-0.2, -0.15) is 0 Å². The molecule has 0 rings (SSSR count). The Morgan fingerprint density at radius 2 is 1.57 bits per heavy atom. The molecule has 0 heterocycles. The van der Waals surface area contributed by atoms with Gasteiger partial charge in [-0.15, -0.1) is 0 Å². The normalized spacial score (nSPS) is 12.3. The van der Waals surface area contributed by atoms with Crippen molar-refractivity contribution in [2.45, 2.75) is 46.0 Å². The predicted molar refractivity (Wildman–Crippen MR) is 60.8 cm³/mol. The monoisotopic (exact) mass is 221 g/mol. The van der Waals surface area contributed by atoms with Gasteiger partial charge >= 0.3 is 0 Å². The summed E-state index contributed by atoms with van der Waals surface area (Å²) in [7, 11) is -1.29. The van der Waals surface area contributed by atoms with Crippen LogP contribution < -0.4 is 0 Å². The van der Waals surface area contributed by atoms with Crippen LogP contribution in [0.2, 0.25) is 0 Å². The van der Waals surface area contributed by atoms with E-state index >= 15 is 0 Å². The molecule has 0 aromatic rings. The van der Waals surface area contributed by atoms with Gasteiger partial charge in [-0.25, -0.2) is 12.7 Å². The van der Waals surface area contributed by atoms with Crippen LogP contribution >= 0.6 is 0 Å². The minimum absolute atomic E-state index is 0.207. The molecule has 0 bridgehead atoms. The SMILES string of the molecule is CCCCCCCN(C)S(=O)(=O)CC. The van der Waals surface area contributed by atoms with Crippen molar-refractivity contribution >= 4 is 10.0 Å². The first-order valence-corrected chi connectivity index (χ1v) is 7.09. The molecule has 0 fully saturated rings. The average molecular weight is 221 g/mol. The maximum Gasteiger partial charge on any atom is 0.213 e. The Bertz CT molecular complexity index is 224. The van der Waals surface area contributed by atoms with Crippen molar-refractivity contribution in [1.29, 1.82) is 0 Å². The van der Waals surface area contributed by atoms with E-state index in [0.29, 0.717) is 6.54 Å². The van der Waals surface area contributed by atoms with Crippen LogP contribution in [-0.2, 0) is 10.0 Å². The van der Waals surface area contributed by atoms with E-state index in [4.69, 9.17) is 0 Å². The van der Waals surface area contributed by atoms with Crippen LogP contribution in [0.25, 0.3) is 0 Å². The number of unbranched alkanes of at least 4 members (excludes halogenated alkanes) is 4. The van der Waals surface area contributed by atoms with Gasteiger partial charge in [0, 0.05) is 13.6 Å². The Balaban J connectivity index is 3.59. The Kier molecular flexibility index (Phi) is 7.19. The molecule has 14 heavy (non-hydrogen) atoms. The minimum Gasteiger partial charge on any atom is -0.212 e. The third-order valence-corrected chi connectivity index (χ3v) is 4.28. The van der Waals surface area contributed by atoms with Crippen LogP contribution in [0.4, 0.5) is 0 Å². The van der Waals surface area contributed by atoms with Crippen LogP contribution in [0.1, 0.15) is 46.0 Å². The second-order valence-electron chi connectivity index (χ2n) is 3.64. The summed E-state index contributed by atoms with van der Waals surface area (Å²) in [6.07, 6.45) is 5.82. The number of nitrogens with zero attached hydrogens (tertiary/aromatic N) is 1. The number of sulfonamides is 1. The van der Waals surface area contributed by atoms with E-state index in [1.807, 2.05) is 0 Å². The summed E-state index contributed by atoms with van der Waals surface area (Å²) in [5.41, 5.74) is 0. The van der Waals surface area contributed by atoms with Gasteiger partial charge in [0.05, 0.1) is 5.75 Å². The highest BCUT2D eigenvalue weighted by atomic mass is 32.2. The van der Waals surface area contributed by atoms with Crippen molar-refractivity contribution in [2.24, 2.45) is 0 Å². The summed E-state index contributed by atoms with van der Waals surface area (Å²) in [6, 6.07) is 0. The van der Waals surface area contributed by atoms with E-state index in [2.05, 4.69) is 6.92 Å². The van der Waals surface area contributed by atoms with Crippen molar-refractivity contribution in [1.82, 2.24) is 4.31 Å². The number of hydrogen-bond donors (Lipinski definition) is 0. The van der Waals surface area contributed by atoms with E-state index in [1.54, 1.807) is 14.0 Å². The maximum atomic E-state index is 11.3. The largest absolute Gasteiger partial charge is 0.213 e. The van der Waals surface area contributed by atoms with Crippen molar-refractivity contribution in [3.05, 3.63) is 0 Å². The second-order valence-corrected chi connectivity index (χ2v) is 6.00. The van der Waals surface area contributed by atoms with Crippen LogP contribution in [0.15, 0.2) is 0 Å². The van der Waals surface area contributed by atoms with Gasteiger partial charge in [0.25, 0.3) is 0 Å². The molecule has 0 spiro atoms. The molecule has 0 saturated carbocycles. The maximum absolute atomic E-state index is 11.3. The molecule has 86 valence electrons. The average Bonchev–Trinajstić information content (AvgIpc) is 2.17. The third-order valence-electron chi connectivity index (χ3n) is 2.42. The Morgan fingerprint density at radius 1 is 1.00 bits per heavy atom. The lowest BCUT2D eigenvalue weighted by Crippen LogP contribution is -2.29. The Morgan fingerprint density at radius 3 is 2.07 bits per heavy atom. The van der Waals surface area contributed by atoms with Crippen LogP contribution in [0, 0.1) is 0 Å². The molecular weight excluding hydrogens is 198 g/mol. The number of hydrogen-bond acceptors (Lipinski definition) is 2. The Hall–Kier alpha value is -0.0900. The van der Waals surface area contributed by atoms with Gasteiger partial charge in [-0.3, -0.25) is 0 Å². The molecule has 0 saturated heterocycles. The zero-order valence-electron chi connectivity index (χ0n) is 9.62. The van der Waals surface area contributed by atoms with Crippen LogP contribution in [0.5, 0.6) is 0 Å². The third kappa shape index (κ3) is 5.60. The predicted octanol–water partition coefficient (Wildman–Crippen LogP) is 2.24. The van der Waals surface area contributed by atoms with E-state index < -0.39 is 10.0 Å². The highest BCUT2D eigenvalue weighted by molar-refractivity contribution is 7.89. The lowest BCUT2D eigenvalue weighted by atomic mass is 10.1. The lowest BCUT2D eigenvalue weighted by Gasteiger charge is -2.15. The van der Waals surface area contributed by atoms with Crippen LogP contribution in [0.3, 0.4) is 0 Å². The molecular formula is C10H23NO2S. The van der Waals surface area contributed by atoms with Crippen molar-refractivity contribution < 1.29 is 8.42 Å². The van der Waals surface area contributed by atoms with Crippen molar-refractivity contribution in [3.8, 4) is 0 Å². The fourth-order valence-electron chi connectivity index (χ4n) is 1.30. The summed E-state index contributed by atoms with van der Waals surface area (Å²) in [4.78, 5) is 0. The molecule has 0 aliphatic heterocycles. The first-order valence-electron chi connectivity index (χ1n) is 5.48. The molecule has 0 unspecified atom stereocenters. The summed E-state index contributed by atoms with van der Waals surface area (Å²) < 4.78 is 24.2. The molecule has 0 amide bonds. The van der Waals surface area contributed by atoms with E-state index in [-0.39, 0.29) is 5.75 Å². The molecule has 0 aliphatic carbocycles. The molecule has 4 heteroatoms. The fraction of sp³-hybridized carbons (Fsp3) is 1.00. The zero-order valence-corrected chi connectivity index (χ0v) is 10.4. The second kappa shape index (κ2) is 7.23. The van der Waals surface area contributed by atoms with Crippen molar-refractivity contribution in [3.63, 3.8) is 0 Å². The summed E-state index contributed by atoms with van der Waals surface area (Å²) in [5.74, 6) is 0.207. The summed E-state index contributed by atoms with van der Waals surface area (Å²) in [5, 5.41) is 0. The topological polar surface area (TPSA) is 37.4 Å². The van der Waals surface area contributed by atoms with E-state index in [0.717, 1.165) is 12.8 Å². The highest BCUT2D eigenvalue weighted by Crippen LogP contribution is 2.05. The molecule has 0 aliphatic rings. The van der Waals surface area contributed by atoms with Gasteiger partial charge in [-0.1, -0.05) is 32.6 Å². The lowest BCUT2D eigenvalue weighted by molar-refractivity contribution is 0.451. The molecule has 0 N–H and O–H groups in total. The molecule has 3 nitrogen and oxygen atoms in total. The van der Waals surface area contributed by atoms with Crippen LogP contribution in [-0.4, -0.2) is 32.1 Å². The Labute approximate surface area is 88.5 Å². The van der Waals surface area contributed by atoms with E-state index in [9.17, 15) is 8.42 Å². The highest BCUT2D eigenvalue weighted by Gasteiger charge is 2.13. The first-order chi connectivity index (χ1) is 6.54. The smallest absolute Gasteiger partial charge is 0.212 e. The van der Waals surface area contributed by atoms with Gasteiger partial charge in [0.1, 0.15) is 0 Å². The van der Waals surface area contributed by atoms with Gasteiger partial charge < -0.3 is 0 Å². The first kappa shape index (κ1) is 13.9. The standard InChI is InChI=1S/C10H23NO2S/c1-4-6-7-8-9-10-11(3)14(12,13)5-2/h4-10H2,1-3H3.